The maximum atomic E-state index is 13.6. The molecule has 2 aliphatic heterocycles. The van der Waals surface area contributed by atoms with Crippen LogP contribution >= 0.6 is 35.6 Å². The van der Waals surface area contributed by atoms with Crippen molar-refractivity contribution < 1.29 is 14.7 Å². The summed E-state index contributed by atoms with van der Waals surface area (Å²) in [7, 11) is 0. The molecule has 0 aliphatic carbocycles. The van der Waals surface area contributed by atoms with Crippen LogP contribution in [0.4, 0.5) is 5.69 Å². The van der Waals surface area contributed by atoms with Crippen molar-refractivity contribution >= 4 is 53.1 Å². The molecular formula is C23H26Cl3N3O3. The predicted octanol–water partition coefficient (Wildman–Crippen LogP) is 3.83. The molecule has 2 heterocycles. The Kier molecular flexibility index (Phi) is 7.42. The molecule has 4 rings (SSSR count). The third-order valence-corrected chi connectivity index (χ3v) is 6.97. The summed E-state index contributed by atoms with van der Waals surface area (Å²) < 4.78 is 0. The highest BCUT2D eigenvalue weighted by Gasteiger charge is 2.53. The van der Waals surface area contributed by atoms with Crippen molar-refractivity contribution in [2.45, 2.75) is 25.4 Å². The molecule has 1 fully saturated rings. The van der Waals surface area contributed by atoms with E-state index in [9.17, 15) is 14.7 Å². The van der Waals surface area contributed by atoms with Crippen LogP contribution in [0, 0.1) is 5.92 Å². The van der Waals surface area contributed by atoms with E-state index in [4.69, 9.17) is 28.9 Å². The van der Waals surface area contributed by atoms with Gasteiger partial charge in [-0.05, 0) is 50.0 Å². The number of rotatable bonds is 5. The van der Waals surface area contributed by atoms with Gasteiger partial charge in [0, 0.05) is 34.8 Å². The van der Waals surface area contributed by atoms with Gasteiger partial charge < -0.3 is 20.6 Å². The number of halogens is 3. The highest BCUT2D eigenvalue weighted by molar-refractivity contribution is 6.35. The van der Waals surface area contributed by atoms with Gasteiger partial charge >= 0.3 is 0 Å². The number of likely N-dealkylation sites (tertiary alicyclic amines) is 1. The Morgan fingerprint density at radius 3 is 2.44 bits per heavy atom. The van der Waals surface area contributed by atoms with Crippen LogP contribution < -0.4 is 10.6 Å². The van der Waals surface area contributed by atoms with Gasteiger partial charge in [-0.25, -0.2) is 0 Å². The summed E-state index contributed by atoms with van der Waals surface area (Å²) in [4.78, 5) is 29.2. The number of anilines is 1. The minimum atomic E-state index is -2.04. The number of amides is 2. The van der Waals surface area contributed by atoms with E-state index in [1.165, 1.54) is 17.0 Å². The molecule has 1 atom stereocenters. The van der Waals surface area contributed by atoms with Gasteiger partial charge in [0.25, 0.3) is 5.91 Å². The number of primary amides is 1. The first-order valence-electron chi connectivity index (χ1n) is 10.4. The molecule has 0 spiro atoms. The number of hydrogen-bond donors (Lipinski definition) is 2. The fraction of sp³-hybridized carbons (Fsp3) is 0.391. The van der Waals surface area contributed by atoms with Gasteiger partial charge in [-0.2, -0.15) is 0 Å². The number of carbonyl (C=O) groups excluding carboxylic acids is 2. The van der Waals surface area contributed by atoms with Gasteiger partial charge in [-0.3, -0.25) is 9.59 Å². The van der Waals surface area contributed by atoms with E-state index < -0.39 is 17.4 Å². The van der Waals surface area contributed by atoms with Crippen molar-refractivity contribution in [3.63, 3.8) is 0 Å². The number of carbonyl (C=O) groups is 2. The zero-order valence-corrected chi connectivity index (χ0v) is 20.0. The van der Waals surface area contributed by atoms with Gasteiger partial charge in [0.05, 0.1) is 10.7 Å². The maximum absolute atomic E-state index is 13.6. The fourth-order valence-electron chi connectivity index (χ4n) is 4.47. The van der Waals surface area contributed by atoms with E-state index in [-0.39, 0.29) is 39.1 Å². The number of aliphatic hydroxyl groups is 1. The van der Waals surface area contributed by atoms with E-state index in [1.807, 2.05) is 0 Å². The summed E-state index contributed by atoms with van der Waals surface area (Å²) in [5, 5.41) is 12.1. The van der Waals surface area contributed by atoms with Crippen LogP contribution in [0.25, 0.3) is 0 Å². The number of nitrogens with zero attached hydrogens (tertiary/aromatic N) is 2. The molecule has 1 saturated heterocycles. The number of hydrogen-bond acceptors (Lipinski definition) is 4. The Balaban J connectivity index is 0.00000289. The first-order chi connectivity index (χ1) is 14.7. The lowest BCUT2D eigenvalue weighted by Crippen LogP contribution is -2.45. The van der Waals surface area contributed by atoms with Crippen LogP contribution in [-0.4, -0.2) is 48.0 Å². The van der Waals surface area contributed by atoms with Crippen molar-refractivity contribution in [3.05, 3.63) is 63.1 Å². The number of nitrogens with two attached hydrogens (primary N) is 1. The summed E-state index contributed by atoms with van der Waals surface area (Å²) in [6.45, 7) is 5.18. The Labute approximate surface area is 203 Å². The summed E-state index contributed by atoms with van der Waals surface area (Å²) in [5.74, 6) is -0.493. The molecule has 172 valence electrons. The first-order valence-corrected chi connectivity index (χ1v) is 11.1. The summed E-state index contributed by atoms with van der Waals surface area (Å²) >= 11 is 12.9. The van der Waals surface area contributed by atoms with Crippen molar-refractivity contribution in [2.24, 2.45) is 11.7 Å². The zero-order chi connectivity index (χ0) is 22.3. The monoisotopic (exact) mass is 497 g/mol. The molecule has 0 aromatic heterocycles. The van der Waals surface area contributed by atoms with E-state index in [1.54, 1.807) is 24.3 Å². The molecule has 9 heteroatoms. The van der Waals surface area contributed by atoms with E-state index >= 15 is 0 Å². The smallest absolute Gasteiger partial charge is 0.268 e. The minimum Gasteiger partial charge on any atom is -0.372 e. The van der Waals surface area contributed by atoms with Crippen LogP contribution in [0.2, 0.25) is 10.0 Å². The van der Waals surface area contributed by atoms with Gasteiger partial charge in [0.1, 0.15) is 0 Å². The summed E-state index contributed by atoms with van der Waals surface area (Å²) in [6, 6.07) is 9.56. The third-order valence-electron chi connectivity index (χ3n) is 6.34. The Morgan fingerprint density at radius 1 is 1.16 bits per heavy atom. The zero-order valence-electron chi connectivity index (χ0n) is 17.7. The van der Waals surface area contributed by atoms with Gasteiger partial charge in [0.2, 0.25) is 5.91 Å². The molecule has 0 bridgehead atoms. The molecule has 1 unspecified atom stereocenters. The number of fused-ring (bicyclic) bond motifs is 1. The highest BCUT2D eigenvalue weighted by atomic mass is 35.5. The summed E-state index contributed by atoms with van der Waals surface area (Å²) in [6.07, 6.45) is 2.23. The largest absolute Gasteiger partial charge is 0.372 e. The molecule has 0 saturated carbocycles. The van der Waals surface area contributed by atoms with Crippen molar-refractivity contribution in [1.82, 2.24) is 4.90 Å². The van der Waals surface area contributed by atoms with Crippen molar-refractivity contribution in [3.8, 4) is 0 Å². The normalized spacial score (nSPS) is 21.4. The standard InChI is InChI=1S/C23H25Cl2N3O3.ClH/c1-14-6-8-27(9-7-14)10-11-28-19-13-15(21(26)29)12-18(25)20(19)23(31,22(28)30)16-4-2-3-5-17(16)24;/h2-5,12-14,31H,6-11H2,1H3,(H2,26,29);1H. The quantitative estimate of drug-likeness (QED) is 0.656. The molecule has 2 aromatic carbocycles. The van der Waals surface area contributed by atoms with Crippen LogP contribution in [0.1, 0.15) is 41.3 Å². The first kappa shape index (κ1) is 24.8. The second-order valence-electron chi connectivity index (χ2n) is 8.39. The average Bonchev–Trinajstić information content (AvgIpc) is 2.96. The lowest BCUT2D eigenvalue weighted by atomic mass is 9.87. The van der Waals surface area contributed by atoms with E-state index in [0.29, 0.717) is 24.7 Å². The molecule has 6 nitrogen and oxygen atoms in total. The average molecular weight is 499 g/mol. The van der Waals surface area contributed by atoms with Crippen LogP contribution in [-0.2, 0) is 10.4 Å². The maximum Gasteiger partial charge on any atom is 0.268 e. The second-order valence-corrected chi connectivity index (χ2v) is 9.20. The van der Waals surface area contributed by atoms with Gasteiger partial charge in [-0.1, -0.05) is 48.3 Å². The fourth-order valence-corrected chi connectivity index (χ4v) is 5.09. The Morgan fingerprint density at radius 2 is 1.81 bits per heavy atom. The number of piperidine rings is 1. The van der Waals surface area contributed by atoms with E-state index in [0.717, 1.165) is 25.9 Å². The van der Waals surface area contributed by atoms with Crippen LogP contribution in [0.3, 0.4) is 0 Å². The topological polar surface area (TPSA) is 86.9 Å². The van der Waals surface area contributed by atoms with Crippen molar-refractivity contribution in [2.75, 3.05) is 31.1 Å². The third kappa shape index (κ3) is 4.22. The lowest BCUT2D eigenvalue weighted by molar-refractivity contribution is -0.132. The second kappa shape index (κ2) is 9.57. The molecule has 2 amide bonds. The van der Waals surface area contributed by atoms with Crippen LogP contribution in [0.5, 0.6) is 0 Å². The Bertz CT molecular complexity index is 1040. The summed E-state index contributed by atoms with van der Waals surface area (Å²) in [5.41, 5.74) is 4.47. The molecule has 3 N–H and O–H groups in total. The SMILES string of the molecule is CC1CCN(CCN2C(=O)C(O)(c3ccccc3Cl)c3c(Cl)cc(C(N)=O)cc32)CC1.Cl. The number of benzene rings is 2. The van der Waals surface area contributed by atoms with Crippen molar-refractivity contribution in [1.29, 1.82) is 0 Å². The molecule has 2 aliphatic rings. The van der Waals surface area contributed by atoms with Gasteiger partial charge in [0.15, 0.2) is 5.60 Å². The molecule has 32 heavy (non-hydrogen) atoms. The minimum absolute atomic E-state index is 0. The lowest BCUT2D eigenvalue weighted by Gasteiger charge is -2.32. The van der Waals surface area contributed by atoms with Gasteiger partial charge in [-0.15, -0.1) is 12.4 Å². The van der Waals surface area contributed by atoms with Crippen LogP contribution in [0.15, 0.2) is 36.4 Å². The molecular weight excluding hydrogens is 473 g/mol. The predicted molar refractivity (Wildman–Crippen MR) is 129 cm³/mol. The molecule has 0 radical (unpaired) electrons. The molecule has 2 aromatic rings. The van der Waals surface area contributed by atoms with E-state index in [2.05, 4.69) is 11.8 Å². The Hall–Kier alpha value is -1.83. The highest BCUT2D eigenvalue weighted by Crippen LogP contribution is 2.49.